The van der Waals surface area contributed by atoms with Crippen molar-refractivity contribution in [3.63, 3.8) is 0 Å². The molecule has 1 heterocycles. The number of pyridine rings is 1. The second kappa shape index (κ2) is 9.50. The Hall–Kier alpha value is -3.67. The molecule has 0 radical (unpaired) electrons. The molecule has 0 atom stereocenters. The minimum atomic E-state index is -0.384. The molecule has 0 unspecified atom stereocenters. The summed E-state index contributed by atoms with van der Waals surface area (Å²) in [4.78, 5) is 30.5. The fourth-order valence-electron chi connectivity index (χ4n) is 2.79. The molecular formula is C23H23N3O3. The zero-order chi connectivity index (χ0) is 20.6. The number of rotatable bonds is 7. The molecule has 6 nitrogen and oxygen atoms in total. The second-order valence-electron chi connectivity index (χ2n) is 6.50. The minimum absolute atomic E-state index is 0.265. The van der Waals surface area contributed by atoms with Crippen molar-refractivity contribution in [2.75, 3.05) is 23.9 Å². The molecule has 0 aliphatic heterocycles. The fraction of sp³-hybridized carbons (Fsp3) is 0.174. The van der Waals surface area contributed by atoms with Gasteiger partial charge < -0.3 is 15.0 Å². The highest BCUT2D eigenvalue weighted by atomic mass is 16.5. The number of aromatic nitrogens is 1. The molecule has 1 aromatic heterocycles. The maximum Gasteiger partial charge on any atom is 0.338 e. The van der Waals surface area contributed by atoms with Gasteiger partial charge in [0.15, 0.2) is 0 Å². The third-order valence-corrected chi connectivity index (χ3v) is 4.32. The largest absolute Gasteiger partial charge is 0.462 e. The summed E-state index contributed by atoms with van der Waals surface area (Å²) in [7, 11) is 1.96. The molecule has 0 aliphatic rings. The van der Waals surface area contributed by atoms with Crippen LogP contribution in [-0.4, -0.2) is 30.5 Å². The van der Waals surface area contributed by atoms with E-state index in [1.807, 2.05) is 36.2 Å². The molecule has 148 valence electrons. The van der Waals surface area contributed by atoms with Gasteiger partial charge in [0.25, 0.3) is 5.91 Å². The van der Waals surface area contributed by atoms with Crippen LogP contribution in [0.15, 0.2) is 72.9 Å². The lowest BCUT2D eigenvalue weighted by atomic mass is 10.2. The SMILES string of the molecule is CCOC(=O)c1ccc(NC(=O)c2ccc(N(C)Cc3ccccc3)nc2)cc1. The summed E-state index contributed by atoms with van der Waals surface area (Å²) >= 11 is 0. The van der Waals surface area contributed by atoms with E-state index in [1.54, 1.807) is 43.5 Å². The molecule has 0 aliphatic carbocycles. The first kappa shape index (κ1) is 20.1. The molecule has 1 N–H and O–H groups in total. The van der Waals surface area contributed by atoms with E-state index in [1.165, 1.54) is 5.56 Å². The van der Waals surface area contributed by atoms with Crippen LogP contribution in [0.1, 0.15) is 33.2 Å². The van der Waals surface area contributed by atoms with E-state index in [9.17, 15) is 9.59 Å². The van der Waals surface area contributed by atoms with E-state index < -0.39 is 0 Å². The molecule has 3 aromatic rings. The monoisotopic (exact) mass is 389 g/mol. The number of hydrogen-bond donors (Lipinski definition) is 1. The molecule has 0 spiro atoms. The smallest absolute Gasteiger partial charge is 0.338 e. The average molecular weight is 389 g/mol. The van der Waals surface area contributed by atoms with Crippen LogP contribution in [0.25, 0.3) is 0 Å². The Labute approximate surface area is 170 Å². The molecule has 2 aromatic carbocycles. The van der Waals surface area contributed by atoms with E-state index >= 15 is 0 Å². The number of nitrogens with zero attached hydrogens (tertiary/aromatic N) is 2. The first-order valence-electron chi connectivity index (χ1n) is 9.36. The molecule has 0 bridgehead atoms. The van der Waals surface area contributed by atoms with Crippen molar-refractivity contribution in [2.24, 2.45) is 0 Å². The van der Waals surface area contributed by atoms with Gasteiger partial charge in [-0.15, -0.1) is 0 Å². The van der Waals surface area contributed by atoms with Crippen LogP contribution in [0.5, 0.6) is 0 Å². The summed E-state index contributed by atoms with van der Waals surface area (Å²) in [6.07, 6.45) is 1.55. The molecule has 6 heteroatoms. The zero-order valence-electron chi connectivity index (χ0n) is 16.5. The number of carbonyl (C=O) groups excluding carboxylic acids is 2. The molecule has 0 saturated heterocycles. The van der Waals surface area contributed by atoms with Crippen LogP contribution in [0.3, 0.4) is 0 Å². The number of anilines is 2. The van der Waals surface area contributed by atoms with Crippen molar-refractivity contribution < 1.29 is 14.3 Å². The maximum absolute atomic E-state index is 12.5. The number of benzene rings is 2. The van der Waals surface area contributed by atoms with Gasteiger partial charge in [-0.2, -0.15) is 0 Å². The van der Waals surface area contributed by atoms with Crippen LogP contribution < -0.4 is 10.2 Å². The Morgan fingerprint density at radius 3 is 2.28 bits per heavy atom. The maximum atomic E-state index is 12.5. The van der Waals surface area contributed by atoms with Crippen LogP contribution in [0.4, 0.5) is 11.5 Å². The Kier molecular flexibility index (Phi) is 6.58. The van der Waals surface area contributed by atoms with Crippen LogP contribution in [0.2, 0.25) is 0 Å². The molecular weight excluding hydrogens is 366 g/mol. The van der Waals surface area contributed by atoms with Crippen molar-refractivity contribution in [3.05, 3.63) is 89.6 Å². The Bertz CT molecular complexity index is 955. The van der Waals surface area contributed by atoms with Gasteiger partial charge in [0.1, 0.15) is 5.82 Å². The Morgan fingerprint density at radius 1 is 0.966 bits per heavy atom. The lowest BCUT2D eigenvalue weighted by Gasteiger charge is -2.18. The molecule has 3 rings (SSSR count). The van der Waals surface area contributed by atoms with E-state index in [-0.39, 0.29) is 11.9 Å². The number of carbonyl (C=O) groups is 2. The summed E-state index contributed by atoms with van der Waals surface area (Å²) in [6.45, 7) is 2.80. The standard InChI is InChI=1S/C23H23N3O3/c1-3-29-23(28)18-9-12-20(13-10-18)25-22(27)19-11-14-21(24-15-19)26(2)16-17-7-5-4-6-8-17/h4-15H,3,16H2,1-2H3,(H,25,27). The summed E-state index contributed by atoms with van der Waals surface area (Å²) in [5.74, 6) is 0.132. The Morgan fingerprint density at radius 2 is 1.66 bits per heavy atom. The van der Waals surface area contributed by atoms with Gasteiger partial charge in [0.05, 0.1) is 17.7 Å². The molecule has 1 amide bonds. The quantitative estimate of drug-likeness (QED) is 0.615. The number of amides is 1. The van der Waals surface area contributed by atoms with Crippen LogP contribution in [-0.2, 0) is 11.3 Å². The van der Waals surface area contributed by atoms with Gasteiger partial charge >= 0.3 is 5.97 Å². The van der Waals surface area contributed by atoms with Crippen molar-refractivity contribution in [1.82, 2.24) is 4.98 Å². The molecule has 0 saturated carbocycles. The predicted molar refractivity (Wildman–Crippen MR) is 113 cm³/mol. The average Bonchev–Trinajstić information content (AvgIpc) is 2.75. The predicted octanol–water partition coefficient (Wildman–Crippen LogP) is 4.15. The highest BCUT2D eigenvalue weighted by Crippen LogP contribution is 2.15. The normalized spacial score (nSPS) is 10.3. The second-order valence-corrected chi connectivity index (χ2v) is 6.50. The van der Waals surface area contributed by atoms with Gasteiger partial charge in [-0.05, 0) is 48.9 Å². The number of esters is 1. The van der Waals surface area contributed by atoms with Crippen molar-refractivity contribution in [3.8, 4) is 0 Å². The highest BCUT2D eigenvalue weighted by Gasteiger charge is 2.10. The van der Waals surface area contributed by atoms with Crippen molar-refractivity contribution in [1.29, 1.82) is 0 Å². The Balaban J connectivity index is 1.60. The first-order valence-corrected chi connectivity index (χ1v) is 9.36. The third kappa shape index (κ3) is 5.42. The summed E-state index contributed by atoms with van der Waals surface area (Å²) in [6, 6.07) is 20.2. The topological polar surface area (TPSA) is 71.5 Å². The van der Waals surface area contributed by atoms with Gasteiger partial charge in [-0.3, -0.25) is 4.79 Å². The van der Waals surface area contributed by atoms with E-state index in [0.29, 0.717) is 23.4 Å². The summed E-state index contributed by atoms with van der Waals surface area (Å²) in [5.41, 5.74) is 2.67. The summed E-state index contributed by atoms with van der Waals surface area (Å²) in [5, 5.41) is 2.80. The highest BCUT2D eigenvalue weighted by molar-refractivity contribution is 6.04. The van der Waals surface area contributed by atoms with E-state index in [4.69, 9.17) is 4.74 Å². The fourth-order valence-corrected chi connectivity index (χ4v) is 2.79. The number of ether oxygens (including phenoxy) is 1. The van der Waals surface area contributed by atoms with Crippen molar-refractivity contribution >= 4 is 23.4 Å². The van der Waals surface area contributed by atoms with Gasteiger partial charge in [-0.1, -0.05) is 30.3 Å². The van der Waals surface area contributed by atoms with Crippen molar-refractivity contribution in [2.45, 2.75) is 13.5 Å². The van der Waals surface area contributed by atoms with Crippen LogP contribution >= 0.6 is 0 Å². The minimum Gasteiger partial charge on any atom is -0.462 e. The van der Waals surface area contributed by atoms with Gasteiger partial charge in [0.2, 0.25) is 0 Å². The third-order valence-electron chi connectivity index (χ3n) is 4.32. The van der Waals surface area contributed by atoms with Gasteiger partial charge in [-0.25, -0.2) is 9.78 Å². The number of hydrogen-bond acceptors (Lipinski definition) is 5. The first-order chi connectivity index (χ1) is 14.1. The lowest BCUT2D eigenvalue weighted by molar-refractivity contribution is 0.0526. The van der Waals surface area contributed by atoms with E-state index in [2.05, 4.69) is 22.4 Å². The molecule has 0 fully saturated rings. The lowest BCUT2D eigenvalue weighted by Crippen LogP contribution is -2.18. The number of nitrogens with one attached hydrogen (secondary N) is 1. The summed E-state index contributed by atoms with van der Waals surface area (Å²) < 4.78 is 4.95. The van der Waals surface area contributed by atoms with Crippen LogP contribution in [0, 0.1) is 0 Å². The van der Waals surface area contributed by atoms with E-state index in [0.717, 1.165) is 12.4 Å². The zero-order valence-corrected chi connectivity index (χ0v) is 16.5. The van der Waals surface area contributed by atoms with Gasteiger partial charge in [0, 0.05) is 25.5 Å². The molecule has 29 heavy (non-hydrogen) atoms.